The van der Waals surface area contributed by atoms with Gasteiger partial charge in [-0.3, -0.25) is 4.90 Å². The van der Waals surface area contributed by atoms with Gasteiger partial charge in [0, 0.05) is 30.6 Å². The topological polar surface area (TPSA) is 43.8 Å². The van der Waals surface area contributed by atoms with Crippen molar-refractivity contribution < 1.29 is 14.2 Å². The van der Waals surface area contributed by atoms with Crippen molar-refractivity contribution in [2.24, 2.45) is 0 Å². The van der Waals surface area contributed by atoms with Gasteiger partial charge >= 0.3 is 0 Å². The predicted molar refractivity (Wildman–Crippen MR) is 95.9 cm³/mol. The van der Waals surface area contributed by atoms with Crippen LogP contribution in [0.5, 0.6) is 11.5 Å². The summed E-state index contributed by atoms with van der Waals surface area (Å²) in [6, 6.07) is 6.24. The van der Waals surface area contributed by atoms with E-state index in [1.54, 1.807) is 25.6 Å². The smallest absolute Gasteiger partial charge is 0.132 e. The van der Waals surface area contributed by atoms with Crippen LogP contribution in [0.25, 0.3) is 10.6 Å². The van der Waals surface area contributed by atoms with Crippen LogP contribution < -0.4 is 9.47 Å². The molecule has 2 unspecified atom stereocenters. The van der Waals surface area contributed by atoms with Gasteiger partial charge in [0.15, 0.2) is 0 Å². The molecule has 0 bridgehead atoms. The number of hydrogen-bond donors (Lipinski definition) is 0. The van der Waals surface area contributed by atoms with Gasteiger partial charge in [-0.25, -0.2) is 4.98 Å². The van der Waals surface area contributed by atoms with Crippen LogP contribution in [0.3, 0.4) is 0 Å². The molecule has 2 aromatic rings. The lowest BCUT2D eigenvalue weighted by Crippen LogP contribution is -2.46. The number of methoxy groups -OCH3 is 2. The first-order chi connectivity index (χ1) is 11.6. The van der Waals surface area contributed by atoms with Gasteiger partial charge in [-0.15, -0.1) is 11.3 Å². The molecule has 5 nitrogen and oxygen atoms in total. The van der Waals surface area contributed by atoms with Crippen molar-refractivity contribution in [1.82, 2.24) is 9.88 Å². The highest BCUT2D eigenvalue weighted by molar-refractivity contribution is 7.13. The lowest BCUT2D eigenvalue weighted by atomic mass is 10.2. The summed E-state index contributed by atoms with van der Waals surface area (Å²) in [5.74, 6) is 1.56. The average Bonchev–Trinajstić information content (AvgIpc) is 3.05. The molecule has 0 aliphatic carbocycles. The minimum atomic E-state index is 0.279. The monoisotopic (exact) mass is 348 g/mol. The average molecular weight is 348 g/mol. The summed E-state index contributed by atoms with van der Waals surface area (Å²) in [4.78, 5) is 7.24. The summed E-state index contributed by atoms with van der Waals surface area (Å²) >= 11 is 1.65. The van der Waals surface area contributed by atoms with Crippen LogP contribution in [0.15, 0.2) is 23.6 Å². The van der Waals surface area contributed by atoms with Crippen molar-refractivity contribution in [2.45, 2.75) is 32.5 Å². The lowest BCUT2D eigenvalue weighted by molar-refractivity contribution is -0.0530. The zero-order valence-corrected chi connectivity index (χ0v) is 15.4. The Morgan fingerprint density at radius 1 is 1.29 bits per heavy atom. The Labute approximate surface area is 147 Å². The van der Waals surface area contributed by atoms with E-state index in [4.69, 9.17) is 19.2 Å². The molecule has 130 valence electrons. The molecule has 0 spiro atoms. The molecular weight excluding hydrogens is 324 g/mol. The van der Waals surface area contributed by atoms with E-state index in [2.05, 4.69) is 24.1 Å². The molecule has 0 radical (unpaired) electrons. The van der Waals surface area contributed by atoms with E-state index in [1.807, 2.05) is 18.2 Å². The van der Waals surface area contributed by atoms with Crippen molar-refractivity contribution in [2.75, 3.05) is 27.4 Å². The minimum Gasteiger partial charge on any atom is -0.497 e. The van der Waals surface area contributed by atoms with Gasteiger partial charge in [-0.2, -0.15) is 0 Å². The molecule has 1 aliphatic rings. The number of rotatable bonds is 5. The second-order valence-electron chi connectivity index (χ2n) is 6.13. The fourth-order valence-corrected chi connectivity index (χ4v) is 3.72. The summed E-state index contributed by atoms with van der Waals surface area (Å²) in [6.07, 6.45) is 0.279. The molecule has 0 amide bonds. The third kappa shape index (κ3) is 3.71. The Balaban J connectivity index is 1.78. The standard InChI is InChI=1S/C18H24N2O3S/c1-12-10-23-13(2)8-20(12)9-14-11-24-18(19-14)16-6-5-15(21-3)7-17(16)22-4/h5-7,11-13H,8-10H2,1-4H3. The van der Waals surface area contributed by atoms with Gasteiger partial charge < -0.3 is 14.2 Å². The highest BCUT2D eigenvalue weighted by Crippen LogP contribution is 2.35. The molecule has 0 saturated carbocycles. The first-order valence-electron chi connectivity index (χ1n) is 8.13. The number of hydrogen-bond acceptors (Lipinski definition) is 6. The van der Waals surface area contributed by atoms with E-state index < -0.39 is 0 Å². The Morgan fingerprint density at radius 3 is 2.88 bits per heavy atom. The number of ether oxygens (including phenoxy) is 3. The minimum absolute atomic E-state index is 0.279. The second kappa shape index (κ2) is 7.51. The van der Waals surface area contributed by atoms with Crippen LogP contribution >= 0.6 is 11.3 Å². The van der Waals surface area contributed by atoms with Gasteiger partial charge in [0.1, 0.15) is 16.5 Å². The Hall–Kier alpha value is -1.63. The zero-order chi connectivity index (χ0) is 17.1. The van der Waals surface area contributed by atoms with Crippen LogP contribution in [0.4, 0.5) is 0 Å². The fourth-order valence-electron chi connectivity index (χ4n) is 2.88. The van der Waals surface area contributed by atoms with Gasteiger partial charge in [0.25, 0.3) is 0 Å². The maximum absolute atomic E-state index is 5.70. The zero-order valence-electron chi connectivity index (χ0n) is 14.6. The lowest BCUT2D eigenvalue weighted by Gasteiger charge is -2.36. The molecule has 3 rings (SSSR count). The van der Waals surface area contributed by atoms with Crippen LogP contribution in [-0.4, -0.2) is 49.4 Å². The summed E-state index contributed by atoms with van der Waals surface area (Å²) < 4.78 is 16.4. The van der Waals surface area contributed by atoms with Crippen LogP contribution in [0, 0.1) is 0 Å². The molecule has 1 aromatic carbocycles. The predicted octanol–water partition coefficient (Wildman–Crippen LogP) is 3.44. The molecule has 1 saturated heterocycles. The Kier molecular flexibility index (Phi) is 5.38. The van der Waals surface area contributed by atoms with Crippen molar-refractivity contribution in [3.63, 3.8) is 0 Å². The maximum atomic E-state index is 5.70. The molecule has 24 heavy (non-hydrogen) atoms. The SMILES string of the molecule is COc1ccc(-c2nc(CN3CC(C)OCC3C)cs2)c(OC)c1. The summed E-state index contributed by atoms with van der Waals surface area (Å²) in [6.45, 7) is 6.90. The van der Waals surface area contributed by atoms with E-state index >= 15 is 0 Å². The molecule has 1 fully saturated rings. The van der Waals surface area contributed by atoms with E-state index in [9.17, 15) is 0 Å². The largest absolute Gasteiger partial charge is 0.497 e. The molecule has 1 aliphatic heterocycles. The number of aromatic nitrogens is 1. The van der Waals surface area contributed by atoms with Crippen molar-refractivity contribution in [3.05, 3.63) is 29.3 Å². The molecule has 6 heteroatoms. The number of benzene rings is 1. The van der Waals surface area contributed by atoms with E-state index in [0.29, 0.717) is 6.04 Å². The van der Waals surface area contributed by atoms with Gasteiger partial charge in [-0.05, 0) is 26.0 Å². The van der Waals surface area contributed by atoms with Crippen molar-refractivity contribution in [3.8, 4) is 22.1 Å². The van der Waals surface area contributed by atoms with E-state index in [-0.39, 0.29) is 6.10 Å². The number of thiazole rings is 1. The number of morpholine rings is 1. The third-order valence-corrected chi connectivity index (χ3v) is 5.22. The van der Waals surface area contributed by atoms with E-state index in [1.165, 1.54) is 0 Å². The van der Waals surface area contributed by atoms with Gasteiger partial charge in [-0.1, -0.05) is 0 Å². The van der Waals surface area contributed by atoms with Crippen LogP contribution in [0.2, 0.25) is 0 Å². The highest BCUT2D eigenvalue weighted by atomic mass is 32.1. The van der Waals surface area contributed by atoms with Crippen molar-refractivity contribution in [1.29, 1.82) is 0 Å². The van der Waals surface area contributed by atoms with E-state index in [0.717, 1.165) is 47.5 Å². The van der Waals surface area contributed by atoms with Gasteiger partial charge in [0.05, 0.1) is 38.2 Å². The first-order valence-corrected chi connectivity index (χ1v) is 9.01. The maximum Gasteiger partial charge on any atom is 0.132 e. The highest BCUT2D eigenvalue weighted by Gasteiger charge is 2.24. The van der Waals surface area contributed by atoms with Gasteiger partial charge in [0.2, 0.25) is 0 Å². The molecular formula is C18H24N2O3S. The number of nitrogens with zero attached hydrogens (tertiary/aromatic N) is 2. The summed E-state index contributed by atoms with van der Waals surface area (Å²) in [5.41, 5.74) is 2.09. The quantitative estimate of drug-likeness (QED) is 0.828. The normalized spacial score (nSPS) is 21.7. The van der Waals surface area contributed by atoms with Crippen LogP contribution in [0.1, 0.15) is 19.5 Å². The van der Waals surface area contributed by atoms with Crippen molar-refractivity contribution >= 4 is 11.3 Å². The third-order valence-electron chi connectivity index (χ3n) is 4.29. The Bertz CT molecular complexity index is 689. The second-order valence-corrected chi connectivity index (χ2v) is 6.99. The molecule has 2 heterocycles. The molecule has 1 aromatic heterocycles. The summed E-state index contributed by atoms with van der Waals surface area (Å²) in [5, 5.41) is 3.10. The molecule has 2 atom stereocenters. The van der Waals surface area contributed by atoms with Crippen LogP contribution in [-0.2, 0) is 11.3 Å². The fraction of sp³-hybridized carbons (Fsp3) is 0.500. The Morgan fingerprint density at radius 2 is 2.12 bits per heavy atom. The molecule has 0 N–H and O–H groups in total. The summed E-state index contributed by atoms with van der Waals surface area (Å²) in [7, 11) is 3.32. The first kappa shape index (κ1) is 17.2.